The van der Waals surface area contributed by atoms with Gasteiger partial charge < -0.3 is 15.2 Å². The number of urea groups is 1. The molecule has 1 heterocycles. The van der Waals surface area contributed by atoms with Gasteiger partial charge in [0.2, 0.25) is 0 Å². The van der Waals surface area contributed by atoms with Crippen LogP contribution in [0.5, 0.6) is 0 Å². The highest BCUT2D eigenvalue weighted by Crippen LogP contribution is 2.47. The average molecular weight is 300 g/mol. The molecule has 1 aliphatic carbocycles. The van der Waals surface area contributed by atoms with Gasteiger partial charge in [0, 0.05) is 13.7 Å². The largest absolute Gasteiger partial charge is 0.427 e. The number of carbonyl (C=O) groups excluding carboxylic acids is 2. The fourth-order valence-electron chi connectivity index (χ4n) is 3.37. The van der Waals surface area contributed by atoms with Crippen molar-refractivity contribution >= 4 is 19.6 Å². The minimum absolute atomic E-state index is 0.113. The Morgan fingerprint density at radius 2 is 2.05 bits per heavy atom. The normalized spacial score (nSPS) is 30.4. The van der Waals surface area contributed by atoms with E-state index in [4.69, 9.17) is 4.65 Å². The molecule has 0 bridgehead atoms. The molecule has 2 aliphatic rings. The van der Waals surface area contributed by atoms with Crippen LogP contribution < -0.4 is 15.9 Å². The lowest BCUT2D eigenvalue weighted by Gasteiger charge is -2.45. The third-order valence-corrected chi connectivity index (χ3v) is 4.66. The maximum Gasteiger partial charge on any atom is 0.395 e. The van der Waals surface area contributed by atoms with Gasteiger partial charge in [-0.3, -0.25) is 10.1 Å². The lowest BCUT2D eigenvalue weighted by molar-refractivity contribution is -0.127. The van der Waals surface area contributed by atoms with E-state index in [-0.39, 0.29) is 11.8 Å². The smallest absolute Gasteiger partial charge is 0.395 e. The fraction of sp³-hybridized carbons (Fsp3) is 0.467. The molecular formula is C15H19BN3O3. The van der Waals surface area contributed by atoms with Gasteiger partial charge in [-0.05, 0) is 30.2 Å². The molecule has 1 atom stereocenters. The molecule has 7 heteroatoms. The van der Waals surface area contributed by atoms with Crippen molar-refractivity contribution in [2.24, 2.45) is 5.92 Å². The molecule has 1 aromatic rings. The minimum atomic E-state index is -0.891. The van der Waals surface area contributed by atoms with Crippen LogP contribution in [-0.4, -0.2) is 38.7 Å². The fourth-order valence-corrected chi connectivity index (χ4v) is 3.37. The van der Waals surface area contributed by atoms with Crippen LogP contribution in [0.2, 0.25) is 0 Å². The van der Waals surface area contributed by atoms with Crippen molar-refractivity contribution in [3.8, 4) is 0 Å². The number of nitrogens with one attached hydrogen (secondary N) is 3. The number of rotatable bonds is 6. The van der Waals surface area contributed by atoms with Gasteiger partial charge in [-0.1, -0.05) is 30.3 Å². The van der Waals surface area contributed by atoms with Crippen molar-refractivity contribution < 1.29 is 14.2 Å². The molecule has 1 saturated carbocycles. The number of hydrogen-bond acceptors (Lipinski definition) is 4. The molecule has 3 N–H and O–H groups in total. The highest BCUT2D eigenvalue weighted by atomic mass is 16.4. The van der Waals surface area contributed by atoms with Crippen molar-refractivity contribution in [1.29, 1.82) is 0 Å². The van der Waals surface area contributed by atoms with Crippen molar-refractivity contribution in [3.05, 3.63) is 35.9 Å². The molecule has 1 radical (unpaired) electrons. The second-order valence-corrected chi connectivity index (χ2v) is 5.89. The summed E-state index contributed by atoms with van der Waals surface area (Å²) in [4.78, 5) is 23.9. The summed E-state index contributed by atoms with van der Waals surface area (Å²) in [5, 5.41) is 8.12. The van der Waals surface area contributed by atoms with Crippen LogP contribution in [0.3, 0.4) is 0 Å². The monoisotopic (exact) mass is 300 g/mol. The first-order valence-corrected chi connectivity index (χ1v) is 7.42. The zero-order chi connectivity index (χ0) is 15.6. The van der Waals surface area contributed by atoms with Crippen LogP contribution >= 0.6 is 0 Å². The zero-order valence-corrected chi connectivity index (χ0v) is 12.5. The summed E-state index contributed by atoms with van der Waals surface area (Å²) in [5.41, 5.74) is 0.396. The van der Waals surface area contributed by atoms with Gasteiger partial charge in [0.15, 0.2) is 0 Å². The molecule has 2 fully saturated rings. The molecular weight excluding hydrogens is 281 g/mol. The van der Waals surface area contributed by atoms with Gasteiger partial charge >= 0.3 is 13.6 Å². The van der Waals surface area contributed by atoms with E-state index in [1.54, 1.807) is 0 Å². The third kappa shape index (κ3) is 2.62. The number of amides is 3. The van der Waals surface area contributed by atoms with Crippen LogP contribution in [0.1, 0.15) is 24.3 Å². The summed E-state index contributed by atoms with van der Waals surface area (Å²) in [7, 11) is 2.95. The highest BCUT2D eigenvalue weighted by Gasteiger charge is 2.55. The molecule has 22 heavy (non-hydrogen) atoms. The summed E-state index contributed by atoms with van der Waals surface area (Å²) < 4.78 is 4.85. The lowest BCUT2D eigenvalue weighted by atomic mass is 9.62. The number of carbonyl (C=O) groups is 2. The van der Waals surface area contributed by atoms with Crippen LogP contribution in [0.15, 0.2) is 30.3 Å². The standard InChI is InChI=1S/C15H19BN3O3/c1-22-16-17-9-15(13(20)18-14(21)19-15)12-7-11(8-12)10-5-3-2-4-6-10/h2-6,11-12,17H,7-9H2,1H3,(H2,18,19,20,21). The molecule has 1 unspecified atom stereocenters. The van der Waals surface area contributed by atoms with Gasteiger partial charge in [0.25, 0.3) is 5.91 Å². The van der Waals surface area contributed by atoms with E-state index in [9.17, 15) is 9.59 Å². The minimum Gasteiger partial charge on any atom is -0.427 e. The van der Waals surface area contributed by atoms with E-state index in [0.29, 0.717) is 12.5 Å². The average Bonchev–Trinajstić information content (AvgIpc) is 2.74. The Balaban J connectivity index is 1.69. The summed E-state index contributed by atoms with van der Waals surface area (Å²) in [6.07, 6.45) is 1.76. The second kappa shape index (κ2) is 6.10. The Labute approximate surface area is 130 Å². The van der Waals surface area contributed by atoms with E-state index >= 15 is 0 Å². The number of hydrogen-bond donors (Lipinski definition) is 3. The summed E-state index contributed by atoms with van der Waals surface area (Å²) >= 11 is 0. The van der Waals surface area contributed by atoms with Gasteiger partial charge in [0.05, 0.1) is 0 Å². The Morgan fingerprint density at radius 3 is 2.64 bits per heavy atom. The second-order valence-electron chi connectivity index (χ2n) is 5.89. The predicted octanol–water partition coefficient (Wildman–Crippen LogP) is 0.529. The number of benzene rings is 1. The van der Waals surface area contributed by atoms with Gasteiger partial charge in [0.1, 0.15) is 5.54 Å². The quantitative estimate of drug-likeness (QED) is 0.407. The van der Waals surface area contributed by atoms with Crippen molar-refractivity contribution in [3.63, 3.8) is 0 Å². The van der Waals surface area contributed by atoms with Crippen molar-refractivity contribution in [2.75, 3.05) is 13.7 Å². The van der Waals surface area contributed by atoms with Crippen LogP contribution in [0.4, 0.5) is 4.79 Å². The summed E-state index contributed by atoms with van der Waals surface area (Å²) in [6.45, 7) is 0.324. The molecule has 1 aliphatic heterocycles. The highest BCUT2D eigenvalue weighted by molar-refractivity contribution is 6.23. The summed E-state index contributed by atoms with van der Waals surface area (Å²) in [6, 6.07) is 9.84. The maximum atomic E-state index is 12.3. The van der Waals surface area contributed by atoms with Crippen LogP contribution in [0, 0.1) is 5.92 Å². The molecule has 0 spiro atoms. The van der Waals surface area contributed by atoms with Crippen LogP contribution in [-0.2, 0) is 9.45 Å². The first-order chi connectivity index (χ1) is 10.7. The lowest BCUT2D eigenvalue weighted by Crippen LogP contribution is -2.62. The Kier molecular flexibility index (Phi) is 4.17. The van der Waals surface area contributed by atoms with Gasteiger partial charge in [-0.2, -0.15) is 0 Å². The third-order valence-electron chi connectivity index (χ3n) is 4.66. The SMILES string of the molecule is CO[B]NCC1(C2CC(c3ccccc3)C2)NC(=O)NC1=O. The number of imide groups is 1. The van der Waals surface area contributed by atoms with Gasteiger partial charge in [-0.15, -0.1) is 0 Å². The van der Waals surface area contributed by atoms with E-state index in [0.717, 1.165) is 12.8 Å². The zero-order valence-electron chi connectivity index (χ0n) is 12.5. The van der Waals surface area contributed by atoms with Gasteiger partial charge in [-0.25, -0.2) is 4.79 Å². The molecule has 1 aromatic carbocycles. The molecule has 6 nitrogen and oxygen atoms in total. The van der Waals surface area contributed by atoms with Crippen LogP contribution in [0.25, 0.3) is 0 Å². The first kappa shape index (κ1) is 15.1. The van der Waals surface area contributed by atoms with E-state index in [1.165, 1.54) is 20.3 Å². The maximum absolute atomic E-state index is 12.3. The molecule has 1 saturated heterocycles. The molecule has 115 valence electrons. The van der Waals surface area contributed by atoms with E-state index in [1.807, 2.05) is 18.2 Å². The summed E-state index contributed by atoms with van der Waals surface area (Å²) in [5.74, 6) is 0.299. The molecule has 3 amide bonds. The van der Waals surface area contributed by atoms with Crippen molar-refractivity contribution in [1.82, 2.24) is 15.9 Å². The molecule has 0 aromatic heterocycles. The Morgan fingerprint density at radius 1 is 1.32 bits per heavy atom. The van der Waals surface area contributed by atoms with E-state index in [2.05, 4.69) is 28.0 Å². The van der Waals surface area contributed by atoms with E-state index < -0.39 is 11.6 Å². The Hall–Kier alpha value is -1.86. The molecule has 3 rings (SSSR count). The topological polar surface area (TPSA) is 79.5 Å². The predicted molar refractivity (Wildman–Crippen MR) is 82.1 cm³/mol. The van der Waals surface area contributed by atoms with Crippen molar-refractivity contribution in [2.45, 2.75) is 24.3 Å². The Bertz CT molecular complexity index is 562. The first-order valence-electron chi connectivity index (χ1n) is 7.42.